The number of nitrogens with zero attached hydrogens (tertiary/aromatic N) is 2. The van der Waals surface area contributed by atoms with Gasteiger partial charge in [0.15, 0.2) is 11.2 Å². The zero-order valence-electron chi connectivity index (χ0n) is 21.7. The van der Waals surface area contributed by atoms with E-state index in [9.17, 15) is 9.59 Å². The van der Waals surface area contributed by atoms with Crippen LogP contribution in [0.15, 0.2) is 96.1 Å². The number of hydrogen-bond acceptors (Lipinski definition) is 4. The van der Waals surface area contributed by atoms with E-state index in [-0.39, 0.29) is 29.9 Å². The molecule has 1 heterocycles. The van der Waals surface area contributed by atoms with Crippen molar-refractivity contribution in [3.63, 3.8) is 0 Å². The second kappa shape index (κ2) is 9.47. The number of carbonyl (C=O) groups is 2. The van der Waals surface area contributed by atoms with E-state index in [1.165, 1.54) is 5.01 Å². The fourth-order valence-corrected chi connectivity index (χ4v) is 5.74. The number of anilines is 1. The molecule has 1 spiro atoms. The first-order valence-corrected chi connectivity index (χ1v) is 12.7. The quantitative estimate of drug-likeness (QED) is 0.381. The monoisotopic (exact) mass is 492 g/mol. The topological polar surface area (TPSA) is 59.0 Å². The largest absolute Gasteiger partial charge is 0.497 e. The molecule has 3 aromatic rings. The Balaban J connectivity index is 1.68. The summed E-state index contributed by atoms with van der Waals surface area (Å²) in [4.78, 5) is 28.6. The second-order valence-electron chi connectivity index (χ2n) is 10.8. The normalized spacial score (nSPS) is 23.8. The summed E-state index contributed by atoms with van der Waals surface area (Å²) in [5.74, 6) is -0.181. The van der Waals surface area contributed by atoms with E-state index in [1.54, 1.807) is 19.2 Å². The molecule has 3 unspecified atom stereocenters. The smallest absolute Gasteiger partial charge is 0.267 e. The lowest BCUT2D eigenvalue weighted by Crippen LogP contribution is -2.51. The van der Waals surface area contributed by atoms with Crippen LogP contribution >= 0.6 is 0 Å². The van der Waals surface area contributed by atoms with E-state index in [0.717, 1.165) is 11.1 Å². The molecule has 0 aromatic heterocycles. The van der Waals surface area contributed by atoms with Crippen LogP contribution in [0.4, 0.5) is 5.69 Å². The van der Waals surface area contributed by atoms with Crippen LogP contribution in [0.3, 0.4) is 0 Å². The lowest BCUT2D eigenvalue weighted by Gasteiger charge is -2.35. The first-order chi connectivity index (χ1) is 17.8. The van der Waals surface area contributed by atoms with Crippen LogP contribution < -0.4 is 9.75 Å². The molecule has 5 heteroatoms. The van der Waals surface area contributed by atoms with Gasteiger partial charge in [-0.25, -0.2) is 0 Å². The molecular weight excluding hydrogens is 460 g/mol. The van der Waals surface area contributed by atoms with E-state index in [2.05, 4.69) is 18.2 Å². The molecule has 0 radical (unpaired) electrons. The Morgan fingerprint density at radius 1 is 0.919 bits per heavy atom. The van der Waals surface area contributed by atoms with Crippen LogP contribution in [-0.2, 0) is 9.59 Å². The molecule has 1 aliphatic heterocycles. The van der Waals surface area contributed by atoms with Crippen molar-refractivity contribution in [2.24, 2.45) is 21.8 Å². The third-order valence-electron chi connectivity index (χ3n) is 7.43. The number of hydrogen-bond donors (Lipinski definition) is 0. The number of benzene rings is 3. The molecule has 188 valence electrons. The number of amides is 1. The van der Waals surface area contributed by atoms with E-state index in [0.29, 0.717) is 17.1 Å². The highest BCUT2D eigenvalue weighted by molar-refractivity contribution is 6.34. The van der Waals surface area contributed by atoms with Crippen LogP contribution in [0.1, 0.15) is 44.2 Å². The molecular formula is C32H32N2O3. The SMILES string of the molecule is COc1ccc(N2N=C(C(C)(C)C)C3(C(=O)CC(c4ccccc4)C3/C=C/c3ccccc3)C2=O)cc1. The summed E-state index contributed by atoms with van der Waals surface area (Å²) >= 11 is 0. The van der Waals surface area contributed by atoms with Gasteiger partial charge in [0.1, 0.15) is 5.75 Å². The van der Waals surface area contributed by atoms with Crippen LogP contribution in [0.25, 0.3) is 6.08 Å². The molecule has 1 aliphatic carbocycles. The predicted octanol–water partition coefficient (Wildman–Crippen LogP) is 6.52. The minimum atomic E-state index is -1.37. The highest BCUT2D eigenvalue weighted by Crippen LogP contribution is 2.57. The van der Waals surface area contributed by atoms with Crippen molar-refractivity contribution < 1.29 is 14.3 Å². The molecule has 5 rings (SSSR count). The number of rotatable bonds is 5. The summed E-state index contributed by atoms with van der Waals surface area (Å²) in [6.07, 6.45) is 4.38. The molecule has 0 N–H and O–H groups in total. The summed E-state index contributed by atoms with van der Waals surface area (Å²) in [5, 5.41) is 6.32. The number of ether oxygens (including phenoxy) is 1. The number of ketones is 1. The van der Waals surface area contributed by atoms with Gasteiger partial charge in [0, 0.05) is 17.8 Å². The van der Waals surface area contributed by atoms with Crippen molar-refractivity contribution in [3.05, 3.63) is 102 Å². The molecule has 3 aromatic carbocycles. The Labute approximate surface area is 218 Å². The fraction of sp³-hybridized carbons (Fsp3) is 0.281. The maximum atomic E-state index is 14.5. The highest BCUT2D eigenvalue weighted by Gasteiger charge is 2.67. The number of hydrazone groups is 1. The van der Waals surface area contributed by atoms with Gasteiger partial charge in [-0.3, -0.25) is 9.59 Å². The van der Waals surface area contributed by atoms with Gasteiger partial charge in [0.2, 0.25) is 0 Å². The Morgan fingerprint density at radius 2 is 1.54 bits per heavy atom. The third-order valence-corrected chi connectivity index (χ3v) is 7.43. The molecule has 1 saturated carbocycles. The Hall–Kier alpha value is -3.99. The third kappa shape index (κ3) is 4.18. The summed E-state index contributed by atoms with van der Waals surface area (Å²) in [5.41, 5.74) is 1.44. The molecule has 0 saturated heterocycles. The Morgan fingerprint density at radius 3 is 2.14 bits per heavy atom. The number of methoxy groups -OCH3 is 1. The van der Waals surface area contributed by atoms with Gasteiger partial charge in [-0.05, 0) is 41.3 Å². The van der Waals surface area contributed by atoms with E-state index in [4.69, 9.17) is 9.84 Å². The summed E-state index contributed by atoms with van der Waals surface area (Å²) in [6.45, 7) is 6.08. The molecule has 3 atom stereocenters. The van der Waals surface area contributed by atoms with Gasteiger partial charge in [0.25, 0.3) is 5.91 Å². The lowest BCUT2D eigenvalue weighted by atomic mass is 9.63. The zero-order valence-corrected chi connectivity index (χ0v) is 21.7. The molecule has 37 heavy (non-hydrogen) atoms. The van der Waals surface area contributed by atoms with Gasteiger partial charge in [-0.2, -0.15) is 10.1 Å². The van der Waals surface area contributed by atoms with Crippen molar-refractivity contribution in [2.45, 2.75) is 33.1 Å². The van der Waals surface area contributed by atoms with Crippen LogP contribution in [-0.4, -0.2) is 24.5 Å². The molecule has 0 bridgehead atoms. The number of carbonyl (C=O) groups excluding carboxylic acids is 2. The zero-order chi connectivity index (χ0) is 26.2. The highest BCUT2D eigenvalue weighted by atomic mass is 16.5. The van der Waals surface area contributed by atoms with Gasteiger partial charge in [-0.15, -0.1) is 0 Å². The predicted molar refractivity (Wildman–Crippen MR) is 148 cm³/mol. The molecule has 1 amide bonds. The van der Waals surface area contributed by atoms with Crippen molar-refractivity contribution in [1.29, 1.82) is 0 Å². The summed E-state index contributed by atoms with van der Waals surface area (Å²) < 4.78 is 5.30. The standard InChI is InChI=1S/C32H32N2O3/c1-31(2,3)29-32(30(36)34(33-29)24-16-18-25(37-4)19-17-24)27(20-15-22-11-7-5-8-12-22)26(21-28(32)35)23-13-9-6-10-14-23/h5-20,26-27H,21H2,1-4H3/b20-15+. The molecule has 1 fully saturated rings. The first kappa shape index (κ1) is 24.7. The van der Waals surface area contributed by atoms with E-state index >= 15 is 0 Å². The van der Waals surface area contributed by atoms with Crippen molar-refractivity contribution in [3.8, 4) is 5.75 Å². The average molecular weight is 493 g/mol. The fourth-order valence-electron chi connectivity index (χ4n) is 5.74. The van der Waals surface area contributed by atoms with Crippen molar-refractivity contribution >= 4 is 29.2 Å². The average Bonchev–Trinajstić information content (AvgIpc) is 3.38. The number of Topliss-reactive ketones (excluding diaryl/α,β-unsaturated/α-hetero) is 1. The van der Waals surface area contributed by atoms with Crippen molar-refractivity contribution in [1.82, 2.24) is 0 Å². The van der Waals surface area contributed by atoms with Gasteiger partial charge in [0.05, 0.1) is 18.5 Å². The van der Waals surface area contributed by atoms with Crippen LogP contribution in [0.5, 0.6) is 5.75 Å². The number of allylic oxidation sites excluding steroid dienone is 1. The maximum absolute atomic E-state index is 14.5. The summed E-state index contributed by atoms with van der Waals surface area (Å²) in [6, 6.07) is 27.3. The summed E-state index contributed by atoms with van der Waals surface area (Å²) in [7, 11) is 1.60. The van der Waals surface area contributed by atoms with Gasteiger partial charge >= 0.3 is 0 Å². The van der Waals surface area contributed by atoms with E-state index < -0.39 is 10.8 Å². The maximum Gasteiger partial charge on any atom is 0.267 e. The molecule has 5 nitrogen and oxygen atoms in total. The molecule has 2 aliphatic rings. The first-order valence-electron chi connectivity index (χ1n) is 12.7. The van der Waals surface area contributed by atoms with Gasteiger partial charge in [-0.1, -0.05) is 93.6 Å². The Kier molecular flexibility index (Phi) is 6.32. The van der Waals surface area contributed by atoms with Crippen molar-refractivity contribution in [2.75, 3.05) is 12.1 Å². The second-order valence-corrected chi connectivity index (χ2v) is 10.8. The van der Waals surface area contributed by atoms with Gasteiger partial charge < -0.3 is 4.74 Å². The van der Waals surface area contributed by atoms with E-state index in [1.807, 2.05) is 87.5 Å². The minimum Gasteiger partial charge on any atom is -0.497 e. The Bertz CT molecular complexity index is 1350. The lowest BCUT2D eigenvalue weighted by molar-refractivity contribution is -0.134. The van der Waals surface area contributed by atoms with Crippen LogP contribution in [0, 0.1) is 16.7 Å². The minimum absolute atomic E-state index is 0.0706. The van der Waals surface area contributed by atoms with Crippen LogP contribution in [0.2, 0.25) is 0 Å².